The summed E-state index contributed by atoms with van der Waals surface area (Å²) in [7, 11) is 1.70. The van der Waals surface area contributed by atoms with Crippen LogP contribution in [0.5, 0.6) is 5.75 Å². The maximum Gasteiger partial charge on any atom is 0.260 e. The Morgan fingerprint density at radius 3 is 2.59 bits per heavy atom. The Kier molecular flexibility index (Phi) is 4.46. The SMILES string of the molecule is COc1ccccc1[C@H]1CN(C(=O)c2ccc(C)[nH]c2=O)[C@H]2C3CCN(CC3)[C@@H]12. The molecule has 5 heterocycles. The first-order valence-electron chi connectivity index (χ1n) is 10.5. The highest BCUT2D eigenvalue weighted by molar-refractivity contribution is 5.94. The minimum atomic E-state index is -0.298. The highest BCUT2D eigenvalue weighted by atomic mass is 16.5. The minimum Gasteiger partial charge on any atom is -0.496 e. The monoisotopic (exact) mass is 393 g/mol. The number of carbonyl (C=O) groups excluding carboxylic acids is 1. The zero-order valence-corrected chi connectivity index (χ0v) is 16.9. The van der Waals surface area contributed by atoms with Gasteiger partial charge in [0.15, 0.2) is 0 Å². The Labute approximate surface area is 170 Å². The van der Waals surface area contributed by atoms with Gasteiger partial charge >= 0.3 is 0 Å². The number of methoxy groups -OCH3 is 1. The standard InChI is InChI=1S/C23H27N3O3/c1-14-7-8-17(22(27)24-14)23(28)26-13-18(16-5-3-4-6-19(16)29-2)21-20(26)15-9-11-25(21)12-10-15/h3-8,15,18,20-21H,9-13H2,1-2H3,(H,24,27)/t18-,20+,21+/m1/s1. The molecule has 152 valence electrons. The number of amides is 1. The van der Waals surface area contributed by atoms with Crippen molar-refractivity contribution in [2.24, 2.45) is 5.92 Å². The first-order chi connectivity index (χ1) is 14.1. The van der Waals surface area contributed by atoms with Gasteiger partial charge < -0.3 is 14.6 Å². The fourth-order valence-electron chi connectivity index (χ4n) is 5.80. The van der Waals surface area contributed by atoms with Crippen LogP contribution in [-0.2, 0) is 0 Å². The zero-order chi connectivity index (χ0) is 20.1. The van der Waals surface area contributed by atoms with Crippen molar-refractivity contribution in [2.75, 3.05) is 26.7 Å². The van der Waals surface area contributed by atoms with Gasteiger partial charge in [0.1, 0.15) is 11.3 Å². The third-order valence-corrected chi connectivity index (χ3v) is 7.08. The van der Waals surface area contributed by atoms with E-state index in [-0.39, 0.29) is 35.0 Å². The molecule has 0 radical (unpaired) electrons. The van der Waals surface area contributed by atoms with Crippen LogP contribution in [0.15, 0.2) is 41.2 Å². The molecule has 4 saturated heterocycles. The fourth-order valence-corrected chi connectivity index (χ4v) is 5.80. The number of pyridine rings is 1. The lowest BCUT2D eigenvalue weighted by atomic mass is 9.75. The predicted molar refractivity (Wildman–Crippen MR) is 110 cm³/mol. The van der Waals surface area contributed by atoms with Crippen LogP contribution in [0.2, 0.25) is 0 Å². The van der Waals surface area contributed by atoms with Gasteiger partial charge in [-0.1, -0.05) is 18.2 Å². The van der Waals surface area contributed by atoms with E-state index in [9.17, 15) is 9.59 Å². The third kappa shape index (κ3) is 2.89. The fraction of sp³-hybridized carbons (Fsp3) is 0.478. The Morgan fingerprint density at radius 2 is 1.86 bits per heavy atom. The van der Waals surface area contributed by atoms with E-state index in [1.165, 1.54) is 0 Å². The molecule has 3 atom stereocenters. The largest absolute Gasteiger partial charge is 0.496 e. The van der Waals surface area contributed by atoms with Crippen molar-refractivity contribution in [1.82, 2.24) is 14.8 Å². The number of para-hydroxylation sites is 1. The Morgan fingerprint density at radius 1 is 1.10 bits per heavy atom. The molecule has 4 aliphatic heterocycles. The number of benzene rings is 1. The number of carbonyl (C=O) groups is 1. The number of ether oxygens (including phenoxy) is 1. The molecule has 1 N–H and O–H groups in total. The van der Waals surface area contributed by atoms with Crippen LogP contribution in [0.3, 0.4) is 0 Å². The lowest BCUT2D eigenvalue weighted by molar-refractivity contribution is -0.00355. The van der Waals surface area contributed by atoms with Crippen molar-refractivity contribution in [2.45, 2.75) is 37.8 Å². The molecule has 1 aromatic carbocycles. The Balaban J connectivity index is 1.56. The van der Waals surface area contributed by atoms with E-state index in [2.05, 4.69) is 16.0 Å². The lowest BCUT2D eigenvalue weighted by Gasteiger charge is -2.51. The average Bonchev–Trinajstić information content (AvgIpc) is 3.17. The van der Waals surface area contributed by atoms with E-state index in [1.54, 1.807) is 19.2 Å². The van der Waals surface area contributed by atoms with Crippen LogP contribution < -0.4 is 10.3 Å². The van der Waals surface area contributed by atoms with E-state index in [1.807, 2.05) is 30.0 Å². The van der Waals surface area contributed by atoms with Crippen molar-refractivity contribution in [1.29, 1.82) is 0 Å². The molecular weight excluding hydrogens is 366 g/mol. The second kappa shape index (κ2) is 7.02. The number of aromatic nitrogens is 1. The molecule has 2 bridgehead atoms. The summed E-state index contributed by atoms with van der Waals surface area (Å²) >= 11 is 0. The van der Waals surface area contributed by atoms with Crippen LogP contribution in [0, 0.1) is 12.8 Å². The molecule has 4 fully saturated rings. The number of H-pyrrole nitrogens is 1. The zero-order valence-electron chi connectivity index (χ0n) is 16.9. The average molecular weight is 393 g/mol. The minimum absolute atomic E-state index is 0.146. The van der Waals surface area contributed by atoms with Crippen molar-refractivity contribution in [3.63, 3.8) is 0 Å². The summed E-state index contributed by atoms with van der Waals surface area (Å²) in [6.07, 6.45) is 2.24. The van der Waals surface area contributed by atoms with Crippen LogP contribution in [0.1, 0.15) is 40.4 Å². The van der Waals surface area contributed by atoms with Gasteiger partial charge in [-0.05, 0) is 57.0 Å². The molecule has 29 heavy (non-hydrogen) atoms. The second-order valence-electron chi connectivity index (χ2n) is 8.54. The number of nitrogens with one attached hydrogen (secondary N) is 1. The molecule has 0 spiro atoms. The smallest absolute Gasteiger partial charge is 0.260 e. The summed E-state index contributed by atoms with van der Waals surface area (Å²) in [4.78, 5) is 33.3. The van der Waals surface area contributed by atoms with Crippen LogP contribution in [0.25, 0.3) is 0 Å². The topological polar surface area (TPSA) is 65.6 Å². The quantitative estimate of drug-likeness (QED) is 0.870. The number of hydrogen-bond donors (Lipinski definition) is 1. The van der Waals surface area contributed by atoms with Crippen molar-refractivity contribution >= 4 is 5.91 Å². The summed E-state index contributed by atoms with van der Waals surface area (Å²) in [6, 6.07) is 12.1. The van der Waals surface area contributed by atoms with Gasteiger partial charge in [0.25, 0.3) is 11.5 Å². The van der Waals surface area contributed by atoms with E-state index >= 15 is 0 Å². The number of aryl methyl sites for hydroxylation is 1. The van der Waals surface area contributed by atoms with E-state index < -0.39 is 0 Å². The summed E-state index contributed by atoms with van der Waals surface area (Å²) in [6.45, 7) is 4.62. The van der Waals surface area contributed by atoms with Gasteiger partial charge in [-0.25, -0.2) is 0 Å². The van der Waals surface area contributed by atoms with Crippen molar-refractivity contribution in [3.05, 3.63) is 63.6 Å². The molecule has 1 amide bonds. The lowest BCUT2D eigenvalue weighted by Crippen LogP contribution is -2.61. The molecule has 0 aliphatic carbocycles. The molecule has 6 rings (SSSR count). The van der Waals surface area contributed by atoms with Gasteiger partial charge in [-0.15, -0.1) is 0 Å². The maximum absolute atomic E-state index is 13.5. The normalized spacial score (nSPS) is 30.3. The first kappa shape index (κ1) is 18.4. The van der Waals surface area contributed by atoms with Crippen molar-refractivity contribution in [3.8, 4) is 5.75 Å². The van der Waals surface area contributed by atoms with E-state index in [4.69, 9.17) is 4.74 Å². The third-order valence-electron chi connectivity index (χ3n) is 7.08. The summed E-state index contributed by atoms with van der Waals surface area (Å²) in [5.74, 6) is 1.42. The molecule has 6 nitrogen and oxygen atoms in total. The molecule has 2 aromatic rings. The highest BCUT2D eigenvalue weighted by Crippen LogP contribution is 2.48. The van der Waals surface area contributed by atoms with Crippen molar-refractivity contribution < 1.29 is 9.53 Å². The van der Waals surface area contributed by atoms with Gasteiger partial charge in [0.2, 0.25) is 0 Å². The summed E-state index contributed by atoms with van der Waals surface area (Å²) in [5, 5.41) is 0. The van der Waals surface area contributed by atoms with Gasteiger partial charge in [0.05, 0.1) is 13.2 Å². The number of aromatic amines is 1. The van der Waals surface area contributed by atoms with Crippen LogP contribution >= 0.6 is 0 Å². The maximum atomic E-state index is 13.5. The molecule has 4 aliphatic rings. The van der Waals surface area contributed by atoms with Gasteiger partial charge in [-0.2, -0.15) is 0 Å². The summed E-state index contributed by atoms with van der Waals surface area (Å²) in [5.41, 5.74) is 1.87. The van der Waals surface area contributed by atoms with E-state index in [0.717, 1.165) is 42.9 Å². The molecule has 1 aromatic heterocycles. The second-order valence-corrected chi connectivity index (χ2v) is 8.54. The van der Waals surface area contributed by atoms with Crippen LogP contribution in [0.4, 0.5) is 0 Å². The number of nitrogens with zero attached hydrogens (tertiary/aromatic N) is 2. The molecule has 0 unspecified atom stereocenters. The Hall–Kier alpha value is -2.60. The predicted octanol–water partition coefficient (Wildman–Crippen LogP) is 2.39. The first-order valence-corrected chi connectivity index (χ1v) is 10.5. The number of rotatable bonds is 3. The van der Waals surface area contributed by atoms with Gasteiger partial charge in [0, 0.05) is 29.8 Å². The number of likely N-dealkylation sites (tertiary alicyclic amines) is 1. The number of piperidine rings is 3. The van der Waals surface area contributed by atoms with Crippen LogP contribution in [-0.4, -0.2) is 59.5 Å². The molecule has 6 heteroatoms. The van der Waals surface area contributed by atoms with Gasteiger partial charge in [-0.3, -0.25) is 14.5 Å². The Bertz CT molecular complexity index is 993. The molecular formula is C23H27N3O3. The highest BCUT2D eigenvalue weighted by Gasteiger charge is 2.55. The van der Waals surface area contributed by atoms with E-state index in [0.29, 0.717) is 12.5 Å². The summed E-state index contributed by atoms with van der Waals surface area (Å²) < 4.78 is 5.65. The number of fused-ring (bicyclic) bond motifs is 2. The molecule has 0 saturated carbocycles. The number of hydrogen-bond acceptors (Lipinski definition) is 4.